The molecule has 1 fully saturated rings. The van der Waals surface area contributed by atoms with Crippen LogP contribution in [0.15, 0.2) is 9.79 Å². The van der Waals surface area contributed by atoms with E-state index in [0.717, 1.165) is 61.3 Å². The Morgan fingerprint density at radius 3 is 2.65 bits per heavy atom. The molecule has 0 saturated carbocycles. The molecule has 3 heterocycles. The van der Waals surface area contributed by atoms with Gasteiger partial charge >= 0.3 is 5.69 Å². The summed E-state index contributed by atoms with van der Waals surface area (Å²) in [5, 5.41) is 4.43. The monoisotopic (exact) mass is 375 g/mol. The van der Waals surface area contributed by atoms with Gasteiger partial charge in [-0.05, 0) is 0 Å². The van der Waals surface area contributed by atoms with Gasteiger partial charge in [-0.25, -0.2) is 9.79 Å². The third-order valence-corrected chi connectivity index (χ3v) is 5.64. The largest absolute Gasteiger partial charge is 0.330 e. The first-order chi connectivity index (χ1) is 10.6. The molecular weight excluding hydrogens is 354 g/mol. The average Bonchev–Trinajstić information content (AvgIpc) is 2.96. The number of hydrogen-bond donors (Lipinski definition) is 1. The fraction of sp³-hybridized carbons (Fsp3) is 0.643. The number of rotatable bonds is 3. The van der Waals surface area contributed by atoms with Crippen LogP contribution in [0.3, 0.4) is 0 Å². The van der Waals surface area contributed by atoms with Crippen LogP contribution >= 0.6 is 36.4 Å². The van der Waals surface area contributed by atoms with Gasteiger partial charge in [0.25, 0.3) is 0 Å². The molecule has 0 unspecified atom stereocenters. The Hall–Kier alpha value is -0.670. The summed E-state index contributed by atoms with van der Waals surface area (Å²) in [5.41, 5.74) is 0.892. The van der Waals surface area contributed by atoms with Gasteiger partial charge < -0.3 is 5.32 Å². The van der Waals surface area contributed by atoms with E-state index in [0.29, 0.717) is 4.64 Å². The number of nitrogens with one attached hydrogen (secondary N) is 1. The fourth-order valence-electron chi connectivity index (χ4n) is 2.82. The normalized spacial score (nSPS) is 17.6. The minimum atomic E-state index is -0.112. The van der Waals surface area contributed by atoms with E-state index in [4.69, 9.17) is 12.2 Å². The third kappa shape index (κ3) is 3.88. The lowest BCUT2D eigenvalue weighted by Crippen LogP contribution is -2.44. The molecule has 0 atom stereocenters. The van der Waals surface area contributed by atoms with Gasteiger partial charge in [-0.3, -0.25) is 14.0 Å². The topological polar surface area (TPSA) is 54.6 Å². The second-order valence-corrected chi connectivity index (χ2v) is 7.19. The Labute approximate surface area is 151 Å². The molecule has 2 aliphatic rings. The van der Waals surface area contributed by atoms with Crippen molar-refractivity contribution in [3.05, 3.63) is 20.7 Å². The van der Waals surface area contributed by atoms with Crippen molar-refractivity contribution in [2.75, 3.05) is 38.5 Å². The van der Waals surface area contributed by atoms with Crippen molar-refractivity contribution in [3.63, 3.8) is 0 Å². The zero-order valence-corrected chi connectivity index (χ0v) is 15.8. The van der Waals surface area contributed by atoms with Crippen molar-refractivity contribution >= 4 is 47.2 Å². The van der Waals surface area contributed by atoms with Crippen LogP contribution in [0, 0.1) is 4.64 Å². The Morgan fingerprint density at radius 2 is 1.96 bits per heavy atom. The maximum absolute atomic E-state index is 12.0. The highest BCUT2D eigenvalue weighted by Crippen LogP contribution is 2.29. The Balaban J connectivity index is 0.00000192. The van der Waals surface area contributed by atoms with Crippen molar-refractivity contribution in [1.29, 1.82) is 0 Å². The van der Waals surface area contributed by atoms with E-state index in [1.165, 1.54) is 4.57 Å². The maximum atomic E-state index is 12.0. The van der Waals surface area contributed by atoms with Crippen molar-refractivity contribution < 1.29 is 0 Å². The number of thioether (sulfide) groups is 1. The average molecular weight is 376 g/mol. The van der Waals surface area contributed by atoms with Crippen LogP contribution in [0.2, 0.25) is 0 Å². The standard InChI is InChI=1S/C14H21N5OS2.ClH/c1-17-12-10(13(21)18(2)14(17)20)9-11(16-12)22-8-7-19-5-3-15-4-6-19;/h15H,3-9H2,1-2H3;1H. The highest BCUT2D eigenvalue weighted by Gasteiger charge is 2.21. The smallest absolute Gasteiger partial charge is 0.314 e. The van der Waals surface area contributed by atoms with E-state index < -0.39 is 0 Å². The lowest BCUT2D eigenvalue weighted by molar-refractivity contribution is 0.255. The Bertz CT molecular complexity index is 721. The number of aliphatic imine (C=N–C) groups is 1. The van der Waals surface area contributed by atoms with Gasteiger partial charge in [-0.15, -0.1) is 24.2 Å². The first-order valence-electron chi connectivity index (χ1n) is 7.50. The van der Waals surface area contributed by atoms with Gasteiger partial charge in [0.05, 0.1) is 5.04 Å². The minimum Gasteiger partial charge on any atom is -0.314 e. The van der Waals surface area contributed by atoms with Crippen LogP contribution in [0.25, 0.3) is 0 Å². The lowest BCUT2D eigenvalue weighted by atomic mass is 10.2. The number of hydrogen-bond acceptors (Lipinski definition) is 6. The highest BCUT2D eigenvalue weighted by molar-refractivity contribution is 8.14. The predicted octanol–water partition coefficient (Wildman–Crippen LogP) is 1.10. The number of nitrogens with zero attached hydrogens (tertiary/aromatic N) is 4. The third-order valence-electron chi connectivity index (χ3n) is 4.17. The van der Waals surface area contributed by atoms with Crippen LogP contribution < -0.4 is 11.0 Å². The van der Waals surface area contributed by atoms with E-state index in [9.17, 15) is 4.79 Å². The number of halogens is 1. The van der Waals surface area contributed by atoms with Crippen LogP contribution in [0.5, 0.6) is 0 Å². The van der Waals surface area contributed by atoms with Crippen LogP contribution in [0.4, 0.5) is 5.82 Å². The zero-order chi connectivity index (χ0) is 15.7. The summed E-state index contributed by atoms with van der Waals surface area (Å²) in [6.07, 6.45) is 0.752. The van der Waals surface area contributed by atoms with Gasteiger partial charge in [-0.2, -0.15) is 0 Å². The molecule has 0 bridgehead atoms. The van der Waals surface area contributed by atoms with Crippen molar-refractivity contribution in [2.45, 2.75) is 6.42 Å². The summed E-state index contributed by atoms with van der Waals surface area (Å²) in [6, 6.07) is 0. The van der Waals surface area contributed by atoms with E-state index in [1.807, 2.05) is 0 Å². The number of fused-ring (bicyclic) bond motifs is 1. The van der Waals surface area contributed by atoms with E-state index in [2.05, 4.69) is 15.2 Å². The van der Waals surface area contributed by atoms with E-state index in [-0.39, 0.29) is 18.1 Å². The summed E-state index contributed by atoms with van der Waals surface area (Å²) in [7, 11) is 3.48. The highest BCUT2D eigenvalue weighted by atomic mass is 35.5. The first-order valence-corrected chi connectivity index (χ1v) is 8.89. The molecule has 23 heavy (non-hydrogen) atoms. The van der Waals surface area contributed by atoms with Gasteiger partial charge in [0.1, 0.15) is 10.5 Å². The molecule has 0 spiro atoms. The summed E-state index contributed by atoms with van der Waals surface area (Å²) in [6.45, 7) is 5.47. The number of piperazine rings is 1. The molecule has 0 aromatic carbocycles. The van der Waals surface area contributed by atoms with Gasteiger partial charge in [-0.1, -0.05) is 12.2 Å². The molecule has 6 nitrogen and oxygen atoms in total. The molecule has 128 valence electrons. The molecule has 0 aliphatic carbocycles. The fourth-order valence-corrected chi connectivity index (χ4v) is 4.04. The second-order valence-electron chi connectivity index (χ2n) is 5.63. The second kappa shape index (κ2) is 7.94. The van der Waals surface area contributed by atoms with Gasteiger partial charge in [0.2, 0.25) is 0 Å². The maximum Gasteiger partial charge on any atom is 0.330 e. The summed E-state index contributed by atoms with van der Waals surface area (Å²) in [4.78, 5) is 19.1. The molecule has 0 radical (unpaired) electrons. The zero-order valence-electron chi connectivity index (χ0n) is 13.4. The van der Waals surface area contributed by atoms with Crippen molar-refractivity contribution in [1.82, 2.24) is 19.4 Å². The molecule has 9 heteroatoms. The van der Waals surface area contributed by atoms with Crippen LogP contribution in [0.1, 0.15) is 5.56 Å². The minimum absolute atomic E-state index is 0. The lowest BCUT2D eigenvalue weighted by Gasteiger charge is -2.26. The van der Waals surface area contributed by atoms with Crippen molar-refractivity contribution in [2.24, 2.45) is 19.1 Å². The molecule has 0 amide bonds. The van der Waals surface area contributed by atoms with Crippen molar-refractivity contribution in [3.8, 4) is 0 Å². The van der Waals surface area contributed by atoms with Gasteiger partial charge in [0.15, 0.2) is 0 Å². The molecule has 1 aromatic heterocycles. The van der Waals surface area contributed by atoms with Crippen LogP contribution in [-0.4, -0.2) is 57.6 Å². The van der Waals surface area contributed by atoms with Crippen LogP contribution in [-0.2, 0) is 20.5 Å². The summed E-state index contributed by atoms with van der Waals surface area (Å²) < 4.78 is 3.73. The van der Waals surface area contributed by atoms with E-state index in [1.54, 1.807) is 30.4 Å². The number of aromatic nitrogens is 2. The molecule has 1 N–H and O–H groups in total. The summed E-state index contributed by atoms with van der Waals surface area (Å²) >= 11 is 7.17. The molecule has 3 rings (SSSR count). The Kier molecular flexibility index (Phi) is 6.44. The SMILES string of the molecule is Cl.Cn1c2c(c(=S)n(C)c1=O)CC(SCCN1CCNCC1)=N2. The summed E-state index contributed by atoms with van der Waals surface area (Å²) in [5.74, 6) is 1.76. The van der Waals surface area contributed by atoms with E-state index >= 15 is 0 Å². The molecule has 1 saturated heterocycles. The molecule has 1 aromatic rings. The first kappa shape index (κ1) is 18.7. The Morgan fingerprint density at radius 1 is 1.26 bits per heavy atom. The predicted molar refractivity (Wildman–Crippen MR) is 101 cm³/mol. The molecular formula is C14H22ClN5OS2. The van der Waals surface area contributed by atoms with Gasteiger partial charge in [0, 0.05) is 64.6 Å². The quantitative estimate of drug-likeness (QED) is 0.802. The molecule has 2 aliphatic heterocycles.